The van der Waals surface area contributed by atoms with Gasteiger partial charge in [0.15, 0.2) is 6.61 Å². The second kappa shape index (κ2) is 35.2. The fourth-order valence-corrected chi connectivity index (χ4v) is 8.40. The number of carbonyl (C=O) groups is 11. The van der Waals surface area contributed by atoms with Crippen LogP contribution in [0.5, 0.6) is 5.75 Å². The third-order valence-corrected chi connectivity index (χ3v) is 12.6. The molecule has 4 aromatic carbocycles. The summed E-state index contributed by atoms with van der Waals surface area (Å²) >= 11 is 0. The average molecular weight is 1210 g/mol. The van der Waals surface area contributed by atoms with Crippen LogP contribution in [-0.4, -0.2) is 138 Å². The highest BCUT2D eigenvalue weighted by atomic mass is 16.6. The third kappa shape index (κ3) is 27.9. The van der Waals surface area contributed by atoms with Crippen molar-refractivity contribution in [1.82, 2.24) is 42.5 Å². The Labute approximate surface area is 505 Å². The van der Waals surface area contributed by atoms with Crippen LogP contribution in [0.15, 0.2) is 115 Å². The van der Waals surface area contributed by atoms with Crippen molar-refractivity contribution in [3.8, 4) is 5.75 Å². The van der Waals surface area contributed by atoms with Crippen molar-refractivity contribution in [2.45, 2.75) is 147 Å². The number of esters is 2. The highest BCUT2D eigenvalue weighted by Crippen LogP contribution is 2.22. The molecule has 0 aliphatic carbocycles. The van der Waals surface area contributed by atoms with Crippen LogP contribution in [-0.2, 0) is 75.0 Å². The SMILES string of the molecule is CC(C)(C)OC(=O)C[C@H](NC(=O)[C@@H](N)CCCNC(=O)CCC(=O)NCCC[C@H](NC(=O)[C@H](Cc1ccc(O)cc1)NC(=O)OC(C)(C)C)C(=O)NCC(=O)OCC(=O)NC(c1ccccc1)c1ccccc1)C(=O)N[C@@H](Cc1ccccc1)C(N)=O. The van der Waals surface area contributed by atoms with Crippen LogP contribution in [0, 0.1) is 0 Å². The van der Waals surface area contributed by atoms with Crippen LogP contribution in [0.3, 0.4) is 0 Å². The molecule has 87 heavy (non-hydrogen) atoms. The molecule has 5 atom stereocenters. The quantitative estimate of drug-likeness (QED) is 0.0185. The molecule has 0 aliphatic rings. The van der Waals surface area contributed by atoms with Crippen LogP contribution < -0.4 is 54.0 Å². The van der Waals surface area contributed by atoms with Crippen LogP contribution in [0.2, 0.25) is 0 Å². The fraction of sp³-hybridized carbons (Fsp3) is 0.435. The van der Waals surface area contributed by atoms with Gasteiger partial charge in [0.05, 0.1) is 18.5 Å². The molecule has 4 aromatic rings. The lowest BCUT2D eigenvalue weighted by molar-refractivity contribution is -0.156. The topological polar surface area (TPSA) is 384 Å². The molecule has 0 saturated heterocycles. The standard InChI is InChI=1S/C62H82N10O15/c1-61(2,3)86-52(77)36-48(59(83)69-46(55(64)79)34-39-18-10-7-11-19-39)70-56(80)44(63)24-16-32-65-49(74)30-31-50(75)66-33-17-25-45(68-58(82)47(71-60(84)87-62(4,5)6)35-40-26-28-43(73)29-27-40)57(81)67-37-53(78)85-38-51(76)72-54(41-20-12-8-13-21-41)42-22-14-9-15-23-42/h7-15,18-23,26-29,44-48,54,73H,16-17,24-25,30-38,63H2,1-6H3,(H2,64,79)(H,65,74)(H,66,75)(H,67,81)(H,68,82)(H,69,83)(H,70,80)(H,71,84)(H,72,76)/t44-,45-,46-,47-,48-/m0/s1. The number of alkyl carbamates (subject to hydrolysis) is 1. The Bertz CT molecular complexity index is 2900. The molecule has 25 heteroatoms. The van der Waals surface area contributed by atoms with E-state index >= 15 is 0 Å². The minimum Gasteiger partial charge on any atom is -0.508 e. The Hall–Kier alpha value is -9.39. The molecule has 9 amide bonds. The molecule has 0 aliphatic heterocycles. The zero-order valence-corrected chi connectivity index (χ0v) is 49.9. The molecule has 0 heterocycles. The first-order valence-electron chi connectivity index (χ1n) is 28.5. The summed E-state index contributed by atoms with van der Waals surface area (Å²) in [5.41, 5.74) is 12.7. The number of nitrogens with one attached hydrogen (secondary N) is 8. The van der Waals surface area contributed by atoms with Gasteiger partial charge in [0, 0.05) is 38.8 Å². The summed E-state index contributed by atoms with van der Waals surface area (Å²) in [5.74, 6) is -7.63. The number of hydrogen-bond donors (Lipinski definition) is 11. The number of phenols is 1. The lowest BCUT2D eigenvalue weighted by Crippen LogP contribution is -2.56. The van der Waals surface area contributed by atoms with E-state index in [2.05, 4.69) is 42.5 Å². The summed E-state index contributed by atoms with van der Waals surface area (Å²) in [6.45, 7) is 8.42. The Balaban J connectivity index is 1.30. The predicted molar refractivity (Wildman–Crippen MR) is 319 cm³/mol. The van der Waals surface area contributed by atoms with Crippen LogP contribution in [0.25, 0.3) is 0 Å². The molecular weight excluding hydrogens is 1120 g/mol. The highest BCUT2D eigenvalue weighted by molar-refractivity contribution is 5.95. The van der Waals surface area contributed by atoms with Crippen molar-refractivity contribution in [3.63, 3.8) is 0 Å². The Morgan fingerprint density at radius 2 is 0.977 bits per heavy atom. The van der Waals surface area contributed by atoms with Crippen LogP contribution in [0.1, 0.15) is 115 Å². The molecule has 13 N–H and O–H groups in total. The summed E-state index contributed by atoms with van der Waals surface area (Å²) in [6, 6.07) is 25.8. The minimum atomic E-state index is -1.49. The highest BCUT2D eigenvalue weighted by Gasteiger charge is 2.33. The number of hydrogen-bond acceptors (Lipinski definition) is 16. The molecule has 0 bridgehead atoms. The average Bonchev–Trinajstić information content (AvgIpc) is 3.51. The van der Waals surface area contributed by atoms with E-state index in [1.54, 1.807) is 71.9 Å². The van der Waals surface area contributed by atoms with E-state index in [9.17, 15) is 57.8 Å². The molecule has 0 fully saturated rings. The van der Waals surface area contributed by atoms with E-state index in [0.29, 0.717) is 11.1 Å². The van der Waals surface area contributed by atoms with E-state index in [1.807, 2.05) is 60.7 Å². The molecule has 0 aromatic heterocycles. The van der Waals surface area contributed by atoms with Gasteiger partial charge in [-0.3, -0.25) is 47.9 Å². The normalized spacial score (nSPS) is 12.9. The maximum absolute atomic E-state index is 14.0. The Morgan fingerprint density at radius 1 is 0.494 bits per heavy atom. The van der Waals surface area contributed by atoms with Crippen LogP contribution >= 0.6 is 0 Å². The zero-order chi connectivity index (χ0) is 64.1. The van der Waals surface area contributed by atoms with E-state index < -0.39 is 132 Å². The van der Waals surface area contributed by atoms with E-state index in [0.717, 1.165) is 11.1 Å². The number of phenolic OH excluding ortho intramolecular Hbond substituents is 1. The van der Waals surface area contributed by atoms with Crippen molar-refractivity contribution in [2.75, 3.05) is 26.2 Å². The number of aromatic hydroxyl groups is 1. The second-order valence-corrected chi connectivity index (χ2v) is 22.4. The van der Waals surface area contributed by atoms with Crippen molar-refractivity contribution < 1.29 is 72.1 Å². The maximum atomic E-state index is 14.0. The van der Waals surface area contributed by atoms with Crippen molar-refractivity contribution in [1.29, 1.82) is 0 Å². The Morgan fingerprint density at radius 3 is 1.52 bits per heavy atom. The molecule has 4 rings (SSSR count). The molecule has 0 radical (unpaired) electrons. The van der Waals surface area contributed by atoms with Gasteiger partial charge in [-0.25, -0.2) is 4.79 Å². The number of primary amides is 1. The van der Waals surface area contributed by atoms with Crippen molar-refractivity contribution in [3.05, 3.63) is 138 Å². The van der Waals surface area contributed by atoms with Gasteiger partial charge in [-0.15, -0.1) is 0 Å². The fourth-order valence-electron chi connectivity index (χ4n) is 8.40. The lowest BCUT2D eigenvalue weighted by atomic mass is 9.99. The second-order valence-electron chi connectivity index (χ2n) is 22.4. The lowest BCUT2D eigenvalue weighted by Gasteiger charge is -2.25. The Kier molecular flexibility index (Phi) is 28.3. The first-order valence-corrected chi connectivity index (χ1v) is 28.5. The van der Waals surface area contributed by atoms with Crippen molar-refractivity contribution >= 4 is 65.3 Å². The van der Waals surface area contributed by atoms with E-state index in [-0.39, 0.29) is 70.2 Å². The van der Waals surface area contributed by atoms with Gasteiger partial charge in [0.25, 0.3) is 5.91 Å². The zero-order valence-electron chi connectivity index (χ0n) is 49.9. The summed E-state index contributed by atoms with van der Waals surface area (Å²) in [4.78, 5) is 144. The van der Waals surface area contributed by atoms with E-state index in [4.69, 9.17) is 25.7 Å². The third-order valence-electron chi connectivity index (χ3n) is 12.6. The van der Waals surface area contributed by atoms with Gasteiger partial charge in [-0.1, -0.05) is 103 Å². The number of rotatable bonds is 33. The number of carbonyl (C=O) groups excluding carboxylic acids is 11. The molecular formula is C62H82N10O15. The number of ether oxygens (including phenoxy) is 3. The molecule has 0 unspecified atom stereocenters. The van der Waals surface area contributed by atoms with Crippen LogP contribution in [0.4, 0.5) is 4.79 Å². The molecule has 0 saturated carbocycles. The number of amides is 9. The summed E-state index contributed by atoms with van der Waals surface area (Å²) in [6.07, 6.45) is -1.87. The first-order chi connectivity index (χ1) is 41.1. The van der Waals surface area contributed by atoms with Gasteiger partial charge < -0.3 is 73.3 Å². The minimum absolute atomic E-state index is 0.0262. The number of benzene rings is 4. The van der Waals surface area contributed by atoms with Gasteiger partial charge in [-0.05, 0) is 102 Å². The molecule has 470 valence electrons. The molecule has 0 spiro atoms. The summed E-state index contributed by atoms with van der Waals surface area (Å²) in [5, 5.41) is 30.6. The van der Waals surface area contributed by atoms with Gasteiger partial charge >= 0.3 is 18.0 Å². The monoisotopic (exact) mass is 1210 g/mol. The van der Waals surface area contributed by atoms with E-state index in [1.165, 1.54) is 24.3 Å². The van der Waals surface area contributed by atoms with Gasteiger partial charge in [-0.2, -0.15) is 0 Å². The molecule has 25 nitrogen and oxygen atoms in total. The smallest absolute Gasteiger partial charge is 0.408 e. The largest absolute Gasteiger partial charge is 0.508 e. The maximum Gasteiger partial charge on any atom is 0.408 e. The summed E-state index contributed by atoms with van der Waals surface area (Å²) < 4.78 is 16.0. The van der Waals surface area contributed by atoms with Gasteiger partial charge in [0.1, 0.15) is 47.7 Å². The number of nitrogens with two attached hydrogens (primary N) is 2. The summed E-state index contributed by atoms with van der Waals surface area (Å²) in [7, 11) is 0. The first kappa shape index (κ1) is 70.1. The predicted octanol–water partition coefficient (Wildman–Crippen LogP) is 2.21. The van der Waals surface area contributed by atoms with Crippen molar-refractivity contribution in [2.24, 2.45) is 11.5 Å². The van der Waals surface area contributed by atoms with Gasteiger partial charge in [0.2, 0.25) is 41.4 Å².